The number of carbonyl (C=O) groups excluding carboxylic acids is 1. The number of likely N-dealkylation sites (N-methyl/N-ethyl adjacent to an activating group) is 1. The van der Waals surface area contributed by atoms with Crippen LogP contribution in [0.1, 0.15) is 23.6 Å². The molecule has 158 valence electrons. The van der Waals surface area contributed by atoms with Crippen molar-refractivity contribution in [3.63, 3.8) is 0 Å². The number of halogens is 2. The summed E-state index contributed by atoms with van der Waals surface area (Å²) in [7, 11) is 0. The van der Waals surface area contributed by atoms with Crippen LogP contribution in [0.5, 0.6) is 0 Å². The summed E-state index contributed by atoms with van der Waals surface area (Å²) in [5.41, 5.74) is 1.58. The van der Waals surface area contributed by atoms with E-state index in [1.807, 2.05) is 42.5 Å². The monoisotopic (exact) mass is 480 g/mol. The lowest BCUT2D eigenvalue weighted by molar-refractivity contribution is 0.0983. The minimum absolute atomic E-state index is 0. The number of hydrogen-bond donors (Lipinski definition) is 0. The molecule has 2 heterocycles. The molecule has 4 aromatic rings. The summed E-state index contributed by atoms with van der Waals surface area (Å²) >= 11 is 9.22. The fraction of sp³-hybridized carbons (Fsp3) is 0.286. The Morgan fingerprint density at radius 1 is 0.967 bits per heavy atom. The standard InChI is InChI=1S/C21H21ClN4OS2.ClH/c1-3-25(4-2)12-13-26(21-24-18-14(22)8-7-11-17(18)29-21)20(27)19-23-15-9-5-6-10-16(15)28-19;/h5-11H,3-4,12-13H2,1-2H3;1H. The number of fused-ring (bicyclic) bond motifs is 2. The molecule has 0 fully saturated rings. The van der Waals surface area contributed by atoms with Gasteiger partial charge in [-0.15, -0.1) is 23.7 Å². The maximum atomic E-state index is 13.5. The lowest BCUT2D eigenvalue weighted by Crippen LogP contribution is -2.38. The van der Waals surface area contributed by atoms with Crippen molar-refractivity contribution >= 4 is 78.2 Å². The van der Waals surface area contributed by atoms with E-state index in [-0.39, 0.29) is 18.3 Å². The highest BCUT2D eigenvalue weighted by Gasteiger charge is 2.25. The minimum atomic E-state index is -0.117. The van der Waals surface area contributed by atoms with E-state index in [0.29, 0.717) is 21.7 Å². The zero-order valence-corrected chi connectivity index (χ0v) is 19.9. The van der Waals surface area contributed by atoms with Gasteiger partial charge in [-0.25, -0.2) is 9.97 Å². The van der Waals surface area contributed by atoms with Crippen molar-refractivity contribution in [1.29, 1.82) is 0 Å². The molecule has 0 radical (unpaired) electrons. The van der Waals surface area contributed by atoms with E-state index in [4.69, 9.17) is 16.6 Å². The van der Waals surface area contributed by atoms with Crippen molar-refractivity contribution in [2.24, 2.45) is 0 Å². The average Bonchev–Trinajstić information content (AvgIpc) is 3.36. The van der Waals surface area contributed by atoms with Gasteiger partial charge in [0.1, 0.15) is 5.52 Å². The summed E-state index contributed by atoms with van der Waals surface area (Å²) in [6.45, 7) is 7.44. The Kier molecular flexibility index (Phi) is 7.65. The molecule has 4 rings (SSSR count). The van der Waals surface area contributed by atoms with Gasteiger partial charge in [-0.3, -0.25) is 9.69 Å². The summed E-state index contributed by atoms with van der Waals surface area (Å²) in [6.07, 6.45) is 0. The number of para-hydroxylation sites is 2. The van der Waals surface area contributed by atoms with Gasteiger partial charge in [0.25, 0.3) is 5.91 Å². The van der Waals surface area contributed by atoms with E-state index in [1.54, 1.807) is 4.90 Å². The summed E-state index contributed by atoms with van der Waals surface area (Å²) in [4.78, 5) is 26.7. The molecule has 0 aliphatic rings. The molecule has 0 saturated carbocycles. The second-order valence-corrected chi connectivity index (χ2v) is 9.00. The van der Waals surface area contributed by atoms with Gasteiger partial charge in [-0.1, -0.05) is 55.0 Å². The minimum Gasteiger partial charge on any atom is -0.302 e. The van der Waals surface area contributed by atoms with Crippen molar-refractivity contribution in [2.45, 2.75) is 13.8 Å². The van der Waals surface area contributed by atoms with E-state index < -0.39 is 0 Å². The Morgan fingerprint density at radius 3 is 2.40 bits per heavy atom. The number of aromatic nitrogens is 2. The molecular formula is C21H22Cl2N4OS2. The van der Waals surface area contributed by atoms with Crippen LogP contribution in [0.3, 0.4) is 0 Å². The fourth-order valence-electron chi connectivity index (χ4n) is 3.16. The highest BCUT2D eigenvalue weighted by atomic mass is 35.5. The summed E-state index contributed by atoms with van der Waals surface area (Å²) in [5, 5.41) is 1.74. The van der Waals surface area contributed by atoms with Gasteiger partial charge in [0, 0.05) is 13.1 Å². The maximum absolute atomic E-state index is 13.5. The summed E-state index contributed by atoms with van der Waals surface area (Å²) < 4.78 is 1.98. The Balaban J connectivity index is 0.00000256. The van der Waals surface area contributed by atoms with Crippen LogP contribution in [0.25, 0.3) is 20.4 Å². The second-order valence-electron chi connectivity index (χ2n) is 6.55. The molecule has 2 aromatic heterocycles. The molecule has 0 spiro atoms. The van der Waals surface area contributed by atoms with Crippen LogP contribution >= 0.6 is 46.7 Å². The largest absolute Gasteiger partial charge is 0.302 e. The van der Waals surface area contributed by atoms with Crippen molar-refractivity contribution < 1.29 is 4.79 Å². The number of carbonyl (C=O) groups is 1. The highest BCUT2D eigenvalue weighted by molar-refractivity contribution is 7.23. The first kappa shape index (κ1) is 22.9. The van der Waals surface area contributed by atoms with Gasteiger partial charge in [0.05, 0.1) is 19.9 Å². The summed E-state index contributed by atoms with van der Waals surface area (Å²) in [5.74, 6) is -0.117. The van der Waals surface area contributed by atoms with Crippen LogP contribution in [0.2, 0.25) is 5.02 Å². The van der Waals surface area contributed by atoms with Gasteiger partial charge in [-0.05, 0) is 37.4 Å². The number of rotatable bonds is 7. The molecule has 0 aliphatic heterocycles. The topological polar surface area (TPSA) is 49.3 Å². The van der Waals surface area contributed by atoms with Gasteiger partial charge < -0.3 is 4.90 Å². The van der Waals surface area contributed by atoms with Crippen molar-refractivity contribution in [3.8, 4) is 0 Å². The summed E-state index contributed by atoms with van der Waals surface area (Å²) in [6, 6.07) is 13.5. The molecule has 0 aliphatic carbocycles. The molecule has 1 amide bonds. The molecule has 9 heteroatoms. The zero-order chi connectivity index (χ0) is 20.4. The molecule has 0 atom stereocenters. The van der Waals surface area contributed by atoms with Gasteiger partial charge >= 0.3 is 0 Å². The first-order valence-electron chi connectivity index (χ1n) is 9.55. The number of hydrogen-bond acceptors (Lipinski definition) is 6. The predicted molar refractivity (Wildman–Crippen MR) is 131 cm³/mol. The van der Waals surface area contributed by atoms with Crippen LogP contribution in [0.4, 0.5) is 5.13 Å². The number of thiazole rings is 2. The third-order valence-corrected chi connectivity index (χ3v) is 7.22. The molecule has 0 unspecified atom stereocenters. The van der Waals surface area contributed by atoms with E-state index in [2.05, 4.69) is 23.7 Å². The number of nitrogens with zero attached hydrogens (tertiary/aromatic N) is 4. The Labute approximate surface area is 194 Å². The number of amides is 1. The molecule has 0 N–H and O–H groups in total. The molecule has 30 heavy (non-hydrogen) atoms. The molecule has 0 saturated heterocycles. The zero-order valence-electron chi connectivity index (χ0n) is 16.7. The maximum Gasteiger partial charge on any atom is 0.289 e. The highest BCUT2D eigenvalue weighted by Crippen LogP contribution is 2.34. The number of anilines is 1. The van der Waals surface area contributed by atoms with Crippen LogP contribution in [-0.2, 0) is 0 Å². The Bertz CT molecular complexity index is 1120. The van der Waals surface area contributed by atoms with Gasteiger partial charge in [0.2, 0.25) is 0 Å². The van der Waals surface area contributed by atoms with Crippen molar-refractivity contribution in [3.05, 3.63) is 52.5 Å². The Morgan fingerprint density at radius 2 is 1.70 bits per heavy atom. The van der Waals surface area contributed by atoms with Gasteiger partial charge in [0.15, 0.2) is 10.1 Å². The second kappa shape index (κ2) is 10.0. The SMILES string of the molecule is CCN(CC)CCN(C(=O)c1nc2ccccc2s1)c1nc2c(Cl)cccc2s1.Cl. The third-order valence-electron chi connectivity index (χ3n) is 4.85. The quantitative estimate of drug-likeness (QED) is 0.326. The molecule has 2 aromatic carbocycles. The molecule has 5 nitrogen and oxygen atoms in total. The van der Waals surface area contributed by atoms with Gasteiger partial charge in [-0.2, -0.15) is 0 Å². The van der Waals surface area contributed by atoms with Crippen LogP contribution in [0, 0.1) is 0 Å². The third kappa shape index (κ3) is 4.60. The number of benzene rings is 2. The first-order valence-corrected chi connectivity index (χ1v) is 11.6. The van der Waals surface area contributed by atoms with Crippen LogP contribution < -0.4 is 4.90 Å². The van der Waals surface area contributed by atoms with E-state index >= 15 is 0 Å². The first-order chi connectivity index (χ1) is 14.1. The smallest absolute Gasteiger partial charge is 0.289 e. The predicted octanol–water partition coefficient (Wildman–Crippen LogP) is 5.97. The van der Waals surface area contributed by atoms with E-state index in [9.17, 15) is 4.79 Å². The lowest BCUT2D eigenvalue weighted by atomic mass is 10.3. The fourth-order valence-corrected chi connectivity index (χ4v) is 5.37. The van der Waals surface area contributed by atoms with E-state index in [0.717, 1.165) is 40.1 Å². The molecular weight excluding hydrogens is 459 g/mol. The molecule has 0 bridgehead atoms. The van der Waals surface area contributed by atoms with Crippen molar-refractivity contribution in [1.82, 2.24) is 14.9 Å². The average molecular weight is 481 g/mol. The Hall–Kier alpha value is -1.77. The van der Waals surface area contributed by atoms with Crippen molar-refractivity contribution in [2.75, 3.05) is 31.1 Å². The van der Waals surface area contributed by atoms with Crippen LogP contribution in [-0.4, -0.2) is 47.0 Å². The van der Waals surface area contributed by atoms with Crippen LogP contribution in [0.15, 0.2) is 42.5 Å². The van der Waals surface area contributed by atoms with E-state index in [1.165, 1.54) is 22.7 Å². The normalized spacial score (nSPS) is 11.2. The lowest BCUT2D eigenvalue weighted by Gasteiger charge is -2.24.